The number of ether oxygens (including phenoxy) is 1. The highest BCUT2D eigenvalue weighted by Crippen LogP contribution is 2.32. The van der Waals surface area contributed by atoms with Crippen LogP contribution in [-0.2, 0) is 14.3 Å². The van der Waals surface area contributed by atoms with Crippen molar-refractivity contribution in [3.8, 4) is 0 Å². The first-order valence-corrected chi connectivity index (χ1v) is 9.17. The van der Waals surface area contributed by atoms with Gasteiger partial charge in [-0.05, 0) is 23.8 Å². The van der Waals surface area contributed by atoms with Crippen LogP contribution in [0.25, 0.3) is 6.08 Å². The van der Waals surface area contributed by atoms with Gasteiger partial charge in [-0.2, -0.15) is 0 Å². The van der Waals surface area contributed by atoms with Gasteiger partial charge in [0.2, 0.25) is 0 Å². The fourth-order valence-electron chi connectivity index (χ4n) is 2.65. The summed E-state index contributed by atoms with van der Waals surface area (Å²) in [5, 5.41) is 8.77. The van der Waals surface area contributed by atoms with Crippen LogP contribution in [0.2, 0.25) is 0 Å². The minimum atomic E-state index is -0.947. The number of hydrogen-bond donors (Lipinski definition) is 1. The van der Waals surface area contributed by atoms with Crippen molar-refractivity contribution in [3.63, 3.8) is 0 Å². The minimum Gasteiger partial charge on any atom is -0.481 e. The number of carboxylic acid groups (broad SMARTS) is 1. The SMILES string of the molecule is O=C(O)CCN1C(=O)/C(=C\c2ccc(N3CCOCC3)cc2)SC1=S. The molecule has 0 spiro atoms. The van der Waals surface area contributed by atoms with E-state index in [-0.39, 0.29) is 18.9 Å². The number of rotatable bonds is 5. The lowest BCUT2D eigenvalue weighted by atomic mass is 10.1. The van der Waals surface area contributed by atoms with Crippen LogP contribution >= 0.6 is 24.0 Å². The Bertz CT molecular complexity index is 712. The predicted molar refractivity (Wildman–Crippen MR) is 102 cm³/mol. The summed E-state index contributed by atoms with van der Waals surface area (Å²) in [6.45, 7) is 3.33. The third kappa shape index (κ3) is 4.39. The molecule has 2 fully saturated rings. The quantitative estimate of drug-likeness (QED) is 0.622. The standard InChI is InChI=1S/C17H18N2O4S2/c20-15(21)5-6-19-16(22)14(25-17(19)24)11-12-1-3-13(4-2-12)18-7-9-23-10-8-18/h1-4,11H,5-10H2,(H,20,21)/b14-11+. The van der Waals surface area contributed by atoms with Gasteiger partial charge in [-0.25, -0.2) is 0 Å². The van der Waals surface area contributed by atoms with Crippen molar-refractivity contribution in [1.82, 2.24) is 4.90 Å². The van der Waals surface area contributed by atoms with Gasteiger partial charge in [-0.15, -0.1) is 0 Å². The molecular formula is C17H18N2O4S2. The highest BCUT2D eigenvalue weighted by Gasteiger charge is 2.32. The molecule has 0 aromatic heterocycles. The molecule has 2 aliphatic heterocycles. The first-order valence-electron chi connectivity index (χ1n) is 7.94. The molecule has 1 aromatic rings. The van der Waals surface area contributed by atoms with E-state index in [0.717, 1.165) is 37.6 Å². The molecule has 1 amide bonds. The summed E-state index contributed by atoms with van der Waals surface area (Å²) in [6, 6.07) is 7.99. The van der Waals surface area contributed by atoms with Gasteiger partial charge in [-0.3, -0.25) is 14.5 Å². The van der Waals surface area contributed by atoms with Crippen LogP contribution in [0, 0.1) is 0 Å². The normalized spacial score (nSPS) is 19.8. The zero-order chi connectivity index (χ0) is 17.8. The van der Waals surface area contributed by atoms with E-state index in [1.54, 1.807) is 6.08 Å². The number of thiocarbonyl (C=S) groups is 1. The Morgan fingerprint density at radius 3 is 2.60 bits per heavy atom. The van der Waals surface area contributed by atoms with Gasteiger partial charge in [0.15, 0.2) is 0 Å². The number of carbonyl (C=O) groups excluding carboxylic acids is 1. The van der Waals surface area contributed by atoms with Crippen LogP contribution in [0.3, 0.4) is 0 Å². The predicted octanol–water partition coefficient (Wildman–Crippen LogP) is 2.20. The van der Waals surface area contributed by atoms with Crippen LogP contribution in [-0.4, -0.2) is 59.1 Å². The lowest BCUT2D eigenvalue weighted by molar-refractivity contribution is -0.137. The molecule has 1 aromatic carbocycles. The highest BCUT2D eigenvalue weighted by atomic mass is 32.2. The Hall–Kier alpha value is -1.90. The average molecular weight is 378 g/mol. The molecular weight excluding hydrogens is 360 g/mol. The van der Waals surface area contributed by atoms with E-state index in [9.17, 15) is 9.59 Å². The zero-order valence-electron chi connectivity index (χ0n) is 13.5. The number of hydrogen-bond acceptors (Lipinski definition) is 6. The molecule has 0 unspecified atom stereocenters. The maximum atomic E-state index is 12.4. The largest absolute Gasteiger partial charge is 0.481 e. The number of carboxylic acids is 1. The number of thioether (sulfide) groups is 1. The van der Waals surface area contributed by atoms with E-state index in [2.05, 4.69) is 4.90 Å². The lowest BCUT2D eigenvalue weighted by Crippen LogP contribution is -2.36. The summed E-state index contributed by atoms with van der Waals surface area (Å²) in [4.78, 5) is 27.2. The maximum absolute atomic E-state index is 12.4. The molecule has 2 aliphatic rings. The van der Waals surface area contributed by atoms with E-state index < -0.39 is 5.97 Å². The Kier molecular flexibility index (Phi) is 5.72. The topological polar surface area (TPSA) is 70.1 Å². The number of nitrogens with zero attached hydrogens (tertiary/aromatic N) is 2. The molecule has 0 bridgehead atoms. The van der Waals surface area contributed by atoms with Crippen molar-refractivity contribution in [2.45, 2.75) is 6.42 Å². The number of anilines is 1. The summed E-state index contributed by atoms with van der Waals surface area (Å²) < 4.78 is 5.76. The second kappa shape index (κ2) is 7.99. The van der Waals surface area contributed by atoms with E-state index in [1.165, 1.54) is 16.7 Å². The van der Waals surface area contributed by atoms with Crippen LogP contribution in [0.4, 0.5) is 5.69 Å². The number of amides is 1. The molecule has 2 heterocycles. The zero-order valence-corrected chi connectivity index (χ0v) is 15.1. The fourth-order valence-corrected chi connectivity index (χ4v) is 3.96. The fraction of sp³-hybridized carbons (Fsp3) is 0.353. The van der Waals surface area contributed by atoms with Crippen molar-refractivity contribution in [1.29, 1.82) is 0 Å². The van der Waals surface area contributed by atoms with Crippen LogP contribution in [0.5, 0.6) is 0 Å². The minimum absolute atomic E-state index is 0.104. The van der Waals surface area contributed by atoms with Crippen LogP contribution in [0.15, 0.2) is 29.2 Å². The average Bonchev–Trinajstić information content (AvgIpc) is 2.88. The van der Waals surface area contributed by atoms with Gasteiger partial charge in [0.25, 0.3) is 5.91 Å². The Morgan fingerprint density at radius 2 is 1.96 bits per heavy atom. The van der Waals surface area contributed by atoms with Crippen molar-refractivity contribution in [3.05, 3.63) is 34.7 Å². The van der Waals surface area contributed by atoms with Crippen LogP contribution in [0.1, 0.15) is 12.0 Å². The van der Waals surface area contributed by atoms with E-state index in [1.807, 2.05) is 24.3 Å². The van der Waals surface area contributed by atoms with Gasteiger partial charge in [-0.1, -0.05) is 36.1 Å². The van der Waals surface area contributed by atoms with E-state index in [4.69, 9.17) is 22.1 Å². The van der Waals surface area contributed by atoms with E-state index >= 15 is 0 Å². The number of benzene rings is 1. The monoisotopic (exact) mass is 378 g/mol. The second-order valence-electron chi connectivity index (χ2n) is 5.67. The third-order valence-corrected chi connectivity index (χ3v) is 5.37. The second-order valence-corrected chi connectivity index (χ2v) is 7.34. The molecule has 0 saturated carbocycles. The number of aliphatic carboxylic acids is 1. The third-order valence-electron chi connectivity index (χ3n) is 3.99. The summed E-state index contributed by atoms with van der Waals surface area (Å²) in [6.07, 6.45) is 1.68. The van der Waals surface area contributed by atoms with Gasteiger partial charge in [0, 0.05) is 25.3 Å². The maximum Gasteiger partial charge on any atom is 0.305 e. The molecule has 0 aliphatic carbocycles. The van der Waals surface area contributed by atoms with Crippen LogP contribution < -0.4 is 4.90 Å². The van der Waals surface area contributed by atoms with Crippen molar-refractivity contribution >= 4 is 51.9 Å². The van der Waals surface area contributed by atoms with Gasteiger partial charge in [0.05, 0.1) is 24.5 Å². The molecule has 1 N–H and O–H groups in total. The Morgan fingerprint density at radius 1 is 1.28 bits per heavy atom. The van der Waals surface area contributed by atoms with Crippen molar-refractivity contribution in [2.24, 2.45) is 0 Å². The summed E-state index contributed by atoms with van der Waals surface area (Å²) in [5.41, 5.74) is 2.05. The molecule has 132 valence electrons. The number of morpholine rings is 1. The lowest BCUT2D eigenvalue weighted by Gasteiger charge is -2.28. The molecule has 6 nitrogen and oxygen atoms in total. The smallest absolute Gasteiger partial charge is 0.305 e. The van der Waals surface area contributed by atoms with E-state index in [0.29, 0.717) is 9.23 Å². The molecule has 0 atom stereocenters. The van der Waals surface area contributed by atoms with Crippen molar-refractivity contribution < 1.29 is 19.4 Å². The first-order chi connectivity index (χ1) is 12.0. The Balaban J connectivity index is 1.69. The van der Waals surface area contributed by atoms with Gasteiger partial charge in [0.1, 0.15) is 4.32 Å². The molecule has 3 rings (SSSR count). The number of carbonyl (C=O) groups is 2. The summed E-state index contributed by atoms with van der Waals surface area (Å²) >= 11 is 6.39. The first kappa shape index (κ1) is 17.9. The van der Waals surface area contributed by atoms with Gasteiger partial charge < -0.3 is 14.7 Å². The van der Waals surface area contributed by atoms with Crippen molar-refractivity contribution in [2.75, 3.05) is 37.7 Å². The molecule has 2 saturated heterocycles. The molecule has 0 radical (unpaired) electrons. The summed E-state index contributed by atoms with van der Waals surface area (Å²) in [7, 11) is 0. The van der Waals surface area contributed by atoms with Gasteiger partial charge >= 0.3 is 5.97 Å². The molecule has 8 heteroatoms. The summed E-state index contributed by atoms with van der Waals surface area (Å²) in [5.74, 6) is -1.18. The molecule has 25 heavy (non-hydrogen) atoms. The highest BCUT2D eigenvalue weighted by molar-refractivity contribution is 8.26. The Labute approximate surface area is 155 Å².